The van der Waals surface area contributed by atoms with Crippen molar-refractivity contribution in [2.75, 3.05) is 31.1 Å². The van der Waals surface area contributed by atoms with Gasteiger partial charge in [0.15, 0.2) is 0 Å². The first-order valence-electron chi connectivity index (χ1n) is 11.0. The second-order valence-electron chi connectivity index (χ2n) is 8.81. The van der Waals surface area contributed by atoms with Gasteiger partial charge in [-0.05, 0) is 63.0 Å². The Bertz CT molecular complexity index is 889. The molecule has 3 aliphatic rings. The number of hydrogen-bond donors (Lipinski definition) is 1. The van der Waals surface area contributed by atoms with Gasteiger partial charge < -0.3 is 5.73 Å². The number of nitrogens with zero attached hydrogens (tertiary/aromatic N) is 3. The molecule has 32 heavy (non-hydrogen) atoms. The fraction of sp³-hybridized carbons (Fsp3) is 0.591. The first-order valence-corrected chi connectivity index (χ1v) is 11.0. The summed E-state index contributed by atoms with van der Waals surface area (Å²) in [6.07, 6.45) is -0.369. The zero-order valence-electron chi connectivity index (χ0n) is 17.7. The summed E-state index contributed by atoms with van der Waals surface area (Å²) >= 11 is 0. The lowest BCUT2D eigenvalue weighted by molar-refractivity contribution is -0.138. The molecular formula is C22H27F3N4O3. The van der Waals surface area contributed by atoms with Crippen molar-refractivity contribution >= 4 is 23.4 Å². The van der Waals surface area contributed by atoms with Crippen molar-refractivity contribution < 1.29 is 27.6 Å². The third kappa shape index (κ3) is 4.01. The lowest BCUT2D eigenvalue weighted by atomic mass is 9.83. The quantitative estimate of drug-likeness (QED) is 0.708. The maximum absolute atomic E-state index is 13.0. The molecule has 0 saturated carbocycles. The molecule has 174 valence electrons. The minimum absolute atomic E-state index is 0.0346. The molecule has 1 unspecified atom stereocenters. The van der Waals surface area contributed by atoms with Crippen LogP contribution in [0.3, 0.4) is 0 Å². The summed E-state index contributed by atoms with van der Waals surface area (Å²) in [5.41, 5.74) is 4.38. The van der Waals surface area contributed by atoms with E-state index in [0.29, 0.717) is 25.9 Å². The molecule has 3 heterocycles. The first kappa shape index (κ1) is 22.7. The normalized spacial score (nSPS) is 25.3. The van der Waals surface area contributed by atoms with E-state index in [2.05, 4.69) is 4.90 Å². The third-order valence-corrected chi connectivity index (χ3v) is 7.06. The molecule has 1 aromatic carbocycles. The highest BCUT2D eigenvalue weighted by Gasteiger charge is 2.49. The van der Waals surface area contributed by atoms with Gasteiger partial charge >= 0.3 is 6.18 Å². The van der Waals surface area contributed by atoms with Crippen LogP contribution in [0, 0.1) is 0 Å². The number of hydrogen-bond acceptors (Lipinski definition) is 5. The minimum atomic E-state index is -4.49. The van der Waals surface area contributed by atoms with E-state index in [1.54, 1.807) is 0 Å². The number of carbonyl (C=O) groups excluding carboxylic acids is 3. The Balaban J connectivity index is 1.46. The first-order chi connectivity index (χ1) is 15.1. The average Bonchev–Trinajstić information content (AvgIpc) is 3.07. The molecule has 3 aliphatic heterocycles. The van der Waals surface area contributed by atoms with E-state index < -0.39 is 35.1 Å². The highest BCUT2D eigenvalue weighted by Crippen LogP contribution is 2.35. The van der Waals surface area contributed by atoms with Crippen LogP contribution in [0.2, 0.25) is 0 Å². The number of primary amides is 1. The van der Waals surface area contributed by atoms with Crippen molar-refractivity contribution in [3.05, 3.63) is 29.8 Å². The monoisotopic (exact) mass is 452 g/mol. The summed E-state index contributed by atoms with van der Waals surface area (Å²) in [6, 6.07) is 3.34. The van der Waals surface area contributed by atoms with Crippen LogP contribution in [-0.2, 0) is 20.6 Å². The van der Waals surface area contributed by atoms with Crippen LogP contribution in [0.25, 0.3) is 0 Å². The molecule has 0 aliphatic carbocycles. The van der Waals surface area contributed by atoms with Gasteiger partial charge in [-0.1, -0.05) is 6.42 Å². The van der Waals surface area contributed by atoms with Gasteiger partial charge in [0.2, 0.25) is 11.8 Å². The van der Waals surface area contributed by atoms with Crippen molar-refractivity contribution in [2.45, 2.75) is 56.3 Å². The fourth-order valence-electron chi connectivity index (χ4n) is 5.22. The van der Waals surface area contributed by atoms with Crippen LogP contribution < -0.4 is 10.6 Å². The maximum Gasteiger partial charge on any atom is 0.416 e. The predicted molar refractivity (Wildman–Crippen MR) is 110 cm³/mol. The Morgan fingerprint density at radius 2 is 1.56 bits per heavy atom. The van der Waals surface area contributed by atoms with E-state index in [1.807, 2.05) is 4.90 Å². The van der Waals surface area contributed by atoms with Gasteiger partial charge in [-0.3, -0.25) is 24.2 Å². The second kappa shape index (κ2) is 8.47. The number of anilines is 1. The number of piperidine rings is 2. The summed E-state index contributed by atoms with van der Waals surface area (Å²) in [6.45, 7) is 2.55. The molecule has 3 amide bonds. The Morgan fingerprint density at radius 1 is 0.969 bits per heavy atom. The molecule has 0 aromatic heterocycles. The van der Waals surface area contributed by atoms with E-state index >= 15 is 0 Å². The standard InChI is InChI=1S/C22H27F3N4O3/c23-22(24,25)15-4-6-16(7-5-15)29-18(30)14-17(19(29)31)27-12-8-21(9-13-27,20(26)32)28-10-2-1-3-11-28/h4-7,17H,1-3,8-14H2,(H2,26,32). The molecular weight excluding hydrogens is 425 g/mol. The molecule has 2 N–H and O–H groups in total. The lowest BCUT2D eigenvalue weighted by Gasteiger charge is -2.48. The van der Waals surface area contributed by atoms with Crippen molar-refractivity contribution in [3.63, 3.8) is 0 Å². The number of nitrogens with two attached hydrogens (primary N) is 1. The summed E-state index contributed by atoms with van der Waals surface area (Å²) in [4.78, 5) is 43.1. The van der Waals surface area contributed by atoms with Gasteiger partial charge in [0.25, 0.3) is 5.91 Å². The third-order valence-electron chi connectivity index (χ3n) is 7.06. The molecule has 1 atom stereocenters. The zero-order chi connectivity index (χ0) is 23.1. The van der Waals surface area contributed by atoms with Crippen LogP contribution in [-0.4, -0.2) is 65.3 Å². The molecule has 7 nitrogen and oxygen atoms in total. The maximum atomic E-state index is 13.0. The summed E-state index contributed by atoms with van der Waals surface area (Å²) in [5.74, 6) is -1.24. The van der Waals surface area contributed by atoms with Crippen LogP contribution in [0.5, 0.6) is 0 Å². The Labute approximate surface area is 184 Å². The molecule has 0 radical (unpaired) electrons. The van der Waals surface area contributed by atoms with Crippen molar-refractivity contribution in [3.8, 4) is 0 Å². The fourth-order valence-corrected chi connectivity index (χ4v) is 5.22. The molecule has 1 aromatic rings. The van der Waals surface area contributed by atoms with Crippen LogP contribution in [0.4, 0.5) is 18.9 Å². The zero-order valence-corrected chi connectivity index (χ0v) is 17.7. The lowest BCUT2D eigenvalue weighted by Crippen LogP contribution is -2.64. The van der Waals surface area contributed by atoms with Crippen molar-refractivity contribution in [1.82, 2.24) is 9.80 Å². The minimum Gasteiger partial charge on any atom is -0.368 e. The molecule has 4 rings (SSSR count). The van der Waals surface area contributed by atoms with Gasteiger partial charge in [-0.2, -0.15) is 13.2 Å². The number of halogens is 3. The number of amides is 3. The van der Waals surface area contributed by atoms with Crippen molar-refractivity contribution in [1.29, 1.82) is 0 Å². The number of alkyl halides is 3. The van der Waals surface area contributed by atoms with Crippen LogP contribution >= 0.6 is 0 Å². The smallest absolute Gasteiger partial charge is 0.368 e. The average molecular weight is 452 g/mol. The van der Waals surface area contributed by atoms with Gasteiger partial charge in [-0.15, -0.1) is 0 Å². The highest BCUT2D eigenvalue weighted by atomic mass is 19.4. The van der Waals surface area contributed by atoms with E-state index in [9.17, 15) is 27.6 Å². The van der Waals surface area contributed by atoms with Crippen LogP contribution in [0.1, 0.15) is 44.1 Å². The molecule has 0 bridgehead atoms. The van der Waals surface area contributed by atoms with E-state index in [4.69, 9.17) is 5.73 Å². The van der Waals surface area contributed by atoms with E-state index in [1.165, 1.54) is 0 Å². The topological polar surface area (TPSA) is 87.0 Å². The largest absolute Gasteiger partial charge is 0.416 e. The highest BCUT2D eigenvalue weighted by molar-refractivity contribution is 6.22. The number of imide groups is 1. The van der Waals surface area contributed by atoms with Gasteiger partial charge in [0, 0.05) is 13.1 Å². The number of likely N-dealkylation sites (tertiary alicyclic amines) is 2. The molecule has 3 fully saturated rings. The van der Waals surface area contributed by atoms with Crippen LogP contribution in [0.15, 0.2) is 24.3 Å². The SMILES string of the molecule is NC(=O)C1(N2CCCCC2)CCN(C2CC(=O)N(c3ccc(C(F)(F)F)cc3)C2=O)CC1. The number of carbonyl (C=O) groups is 3. The predicted octanol–water partition coefficient (Wildman–Crippen LogP) is 2.14. The molecule has 3 saturated heterocycles. The molecule has 0 spiro atoms. The van der Waals surface area contributed by atoms with E-state index in [0.717, 1.165) is 61.5 Å². The number of rotatable bonds is 4. The Hall–Kier alpha value is -2.46. The second-order valence-corrected chi connectivity index (χ2v) is 8.81. The van der Waals surface area contributed by atoms with Gasteiger partial charge in [0.05, 0.1) is 23.7 Å². The summed E-state index contributed by atoms with van der Waals surface area (Å²) < 4.78 is 38.5. The number of benzene rings is 1. The van der Waals surface area contributed by atoms with Gasteiger partial charge in [0.1, 0.15) is 5.54 Å². The summed E-state index contributed by atoms with van der Waals surface area (Å²) in [5, 5.41) is 0. The van der Waals surface area contributed by atoms with Crippen molar-refractivity contribution in [2.24, 2.45) is 5.73 Å². The summed E-state index contributed by atoms with van der Waals surface area (Å²) in [7, 11) is 0. The van der Waals surface area contributed by atoms with Gasteiger partial charge in [-0.25, -0.2) is 4.90 Å². The Morgan fingerprint density at radius 3 is 2.09 bits per heavy atom. The molecule has 10 heteroatoms. The van der Waals surface area contributed by atoms with E-state index in [-0.39, 0.29) is 18.0 Å². The Kier molecular flexibility index (Phi) is 6.02.